The Labute approximate surface area is 333 Å². The van der Waals surface area contributed by atoms with Gasteiger partial charge in [0.15, 0.2) is 0 Å². The Morgan fingerprint density at radius 1 is 0.351 bits per heavy atom. The average Bonchev–Trinajstić information content (AvgIpc) is 3.68. The number of aromatic nitrogens is 3. The number of pyridine rings is 2. The fourth-order valence-corrected chi connectivity index (χ4v) is 12.9. The molecule has 0 unspecified atom stereocenters. The molecular formula is C52H35N3P2. The summed E-state index contributed by atoms with van der Waals surface area (Å²) in [6.45, 7) is 0. The quantitative estimate of drug-likeness (QED) is 0.120. The van der Waals surface area contributed by atoms with Crippen LogP contribution in [0.4, 0.5) is 0 Å². The normalized spacial score (nSPS) is 11.8. The van der Waals surface area contributed by atoms with Crippen LogP contribution < -0.4 is 31.8 Å². The molecule has 268 valence electrons. The molecule has 3 aromatic heterocycles. The summed E-state index contributed by atoms with van der Waals surface area (Å²) in [4.78, 5) is 10.4. The van der Waals surface area contributed by atoms with Gasteiger partial charge in [-0.3, -0.25) is 9.38 Å². The molecule has 0 bridgehead atoms. The second-order valence-corrected chi connectivity index (χ2v) is 18.8. The van der Waals surface area contributed by atoms with E-state index in [1.165, 1.54) is 48.1 Å². The summed E-state index contributed by atoms with van der Waals surface area (Å²) in [5, 5.41) is 12.6. The number of benzene rings is 8. The van der Waals surface area contributed by atoms with Crippen molar-refractivity contribution in [2.45, 2.75) is 0 Å². The van der Waals surface area contributed by atoms with Crippen LogP contribution in [0.15, 0.2) is 212 Å². The maximum Gasteiger partial charge on any atom is 0.146 e. The lowest BCUT2D eigenvalue weighted by Gasteiger charge is -2.20. The minimum Gasteiger partial charge on any atom is -0.292 e. The SMILES string of the molecule is c1ccc(P(c2ccccc2)c2cnc3cc(-c4ccc5nc6c7ccccc7c7ccc(P(c8ccccc8)c8ccccc8)cc7n6c5c4)ccc3c2)cc1. The van der Waals surface area contributed by atoms with Crippen LogP contribution in [0.5, 0.6) is 0 Å². The first kappa shape index (κ1) is 33.8. The van der Waals surface area contributed by atoms with Gasteiger partial charge < -0.3 is 0 Å². The van der Waals surface area contributed by atoms with Gasteiger partial charge >= 0.3 is 0 Å². The van der Waals surface area contributed by atoms with Gasteiger partial charge in [0, 0.05) is 27.7 Å². The van der Waals surface area contributed by atoms with E-state index in [2.05, 4.69) is 217 Å². The fraction of sp³-hybridized carbons (Fsp3) is 0. The Bertz CT molecular complexity index is 3160. The summed E-state index contributed by atoms with van der Waals surface area (Å²) in [6.07, 6.45) is 2.08. The van der Waals surface area contributed by atoms with Gasteiger partial charge in [0.2, 0.25) is 0 Å². The molecule has 11 rings (SSSR count). The minimum absolute atomic E-state index is 0.734. The van der Waals surface area contributed by atoms with Gasteiger partial charge in [-0.05, 0) is 89.2 Å². The molecule has 0 atom stereocenters. The van der Waals surface area contributed by atoms with E-state index in [9.17, 15) is 0 Å². The molecule has 0 saturated heterocycles. The molecule has 8 aromatic carbocycles. The fourth-order valence-electron chi connectivity index (χ4n) is 8.28. The van der Waals surface area contributed by atoms with Gasteiger partial charge in [0.25, 0.3) is 0 Å². The van der Waals surface area contributed by atoms with Crippen LogP contribution in [0, 0.1) is 0 Å². The van der Waals surface area contributed by atoms with Gasteiger partial charge in [0.05, 0.1) is 22.1 Å². The van der Waals surface area contributed by atoms with Crippen molar-refractivity contribution in [2.75, 3.05) is 0 Å². The number of nitrogens with zero attached hydrogens (tertiary/aromatic N) is 3. The van der Waals surface area contributed by atoms with Crippen LogP contribution in [0.1, 0.15) is 0 Å². The molecule has 11 aromatic rings. The lowest BCUT2D eigenvalue weighted by Crippen LogP contribution is -2.20. The highest BCUT2D eigenvalue weighted by atomic mass is 31.1. The molecule has 0 spiro atoms. The monoisotopic (exact) mass is 763 g/mol. The number of fused-ring (bicyclic) bond motifs is 9. The predicted molar refractivity (Wildman–Crippen MR) is 246 cm³/mol. The third-order valence-electron chi connectivity index (χ3n) is 10.9. The summed E-state index contributed by atoms with van der Waals surface area (Å²) < 4.78 is 2.39. The van der Waals surface area contributed by atoms with Crippen LogP contribution in [-0.4, -0.2) is 14.4 Å². The largest absolute Gasteiger partial charge is 0.292 e. The van der Waals surface area contributed by atoms with Crippen LogP contribution >= 0.6 is 15.8 Å². The van der Waals surface area contributed by atoms with Crippen molar-refractivity contribution in [3.63, 3.8) is 0 Å². The molecule has 0 saturated carbocycles. The molecule has 3 nitrogen and oxygen atoms in total. The highest BCUT2D eigenvalue weighted by Crippen LogP contribution is 2.38. The predicted octanol–water partition coefficient (Wildman–Crippen LogP) is 10.5. The van der Waals surface area contributed by atoms with Gasteiger partial charge in [-0.15, -0.1) is 0 Å². The van der Waals surface area contributed by atoms with Crippen LogP contribution in [-0.2, 0) is 0 Å². The molecule has 57 heavy (non-hydrogen) atoms. The van der Waals surface area contributed by atoms with Crippen molar-refractivity contribution in [3.05, 3.63) is 212 Å². The molecule has 0 aliphatic carbocycles. The summed E-state index contributed by atoms with van der Waals surface area (Å²) in [7, 11) is -1.51. The number of rotatable bonds is 7. The summed E-state index contributed by atoms with van der Waals surface area (Å²) in [5.74, 6) is 0. The highest BCUT2D eigenvalue weighted by Gasteiger charge is 2.21. The van der Waals surface area contributed by atoms with Crippen molar-refractivity contribution < 1.29 is 0 Å². The van der Waals surface area contributed by atoms with Crippen LogP contribution in [0.2, 0.25) is 0 Å². The minimum atomic E-state index is -0.779. The first-order valence-corrected chi connectivity index (χ1v) is 21.9. The molecular weight excluding hydrogens is 729 g/mol. The van der Waals surface area contributed by atoms with Crippen LogP contribution in [0.25, 0.3) is 60.4 Å². The lowest BCUT2D eigenvalue weighted by molar-refractivity contribution is 1.32. The summed E-state index contributed by atoms with van der Waals surface area (Å²) >= 11 is 0. The van der Waals surface area contributed by atoms with Gasteiger partial charge in [-0.25, -0.2) is 4.98 Å². The van der Waals surface area contributed by atoms with E-state index in [-0.39, 0.29) is 0 Å². The van der Waals surface area contributed by atoms with E-state index < -0.39 is 15.8 Å². The average molecular weight is 764 g/mol. The van der Waals surface area contributed by atoms with Crippen molar-refractivity contribution in [2.24, 2.45) is 0 Å². The second-order valence-electron chi connectivity index (χ2n) is 14.3. The zero-order valence-electron chi connectivity index (χ0n) is 30.9. The van der Waals surface area contributed by atoms with E-state index in [0.29, 0.717) is 0 Å². The third-order valence-corrected chi connectivity index (χ3v) is 15.7. The summed E-state index contributed by atoms with van der Waals surface area (Å²) in [5.41, 5.74) is 7.49. The lowest BCUT2D eigenvalue weighted by atomic mass is 10.0. The zero-order chi connectivity index (χ0) is 37.7. The number of hydrogen-bond acceptors (Lipinski definition) is 2. The summed E-state index contributed by atoms with van der Waals surface area (Å²) in [6, 6.07) is 75.0. The Morgan fingerprint density at radius 2 is 0.895 bits per heavy atom. The molecule has 0 radical (unpaired) electrons. The molecule has 0 aliphatic heterocycles. The third kappa shape index (κ3) is 5.99. The maximum atomic E-state index is 5.30. The number of imidazole rings is 1. The Kier molecular flexibility index (Phi) is 8.43. The highest BCUT2D eigenvalue weighted by molar-refractivity contribution is 7.80. The van der Waals surface area contributed by atoms with E-state index in [4.69, 9.17) is 9.97 Å². The molecule has 0 N–H and O–H groups in total. The Hall–Kier alpha value is -6.50. The second kappa shape index (κ2) is 14.2. The van der Waals surface area contributed by atoms with E-state index in [0.717, 1.165) is 44.1 Å². The molecule has 0 fully saturated rings. The van der Waals surface area contributed by atoms with E-state index in [1.54, 1.807) is 0 Å². The first-order valence-electron chi connectivity index (χ1n) is 19.2. The van der Waals surface area contributed by atoms with Crippen LogP contribution in [0.3, 0.4) is 0 Å². The van der Waals surface area contributed by atoms with Crippen molar-refractivity contribution >= 4 is 96.9 Å². The van der Waals surface area contributed by atoms with E-state index >= 15 is 0 Å². The van der Waals surface area contributed by atoms with E-state index in [1.807, 2.05) is 0 Å². The van der Waals surface area contributed by atoms with Gasteiger partial charge in [-0.2, -0.15) is 0 Å². The molecule has 3 heterocycles. The smallest absolute Gasteiger partial charge is 0.146 e. The van der Waals surface area contributed by atoms with Crippen molar-refractivity contribution in [1.29, 1.82) is 0 Å². The van der Waals surface area contributed by atoms with Gasteiger partial charge in [-0.1, -0.05) is 176 Å². The Balaban J connectivity index is 1.06. The first-order chi connectivity index (χ1) is 28.3. The van der Waals surface area contributed by atoms with Crippen molar-refractivity contribution in [1.82, 2.24) is 14.4 Å². The Morgan fingerprint density at radius 3 is 1.53 bits per heavy atom. The molecule has 5 heteroatoms. The standard InChI is InChI=1S/C52H35N3P2/c1-5-15-39(16-6-1)56(40-17-7-2-8-18-40)43-28-29-46-45-23-13-14-24-47(45)52-54-48-30-27-37(33-51(48)55(52)50(46)34-43)36-25-26-38-31-44(35-53-49(38)32-36)57(41-19-9-3-10-20-41)42-21-11-4-12-22-42/h1-35H. The van der Waals surface area contributed by atoms with Gasteiger partial charge in [0.1, 0.15) is 5.65 Å². The molecule has 0 aliphatic rings. The van der Waals surface area contributed by atoms with Crippen molar-refractivity contribution in [3.8, 4) is 11.1 Å². The number of hydrogen-bond donors (Lipinski definition) is 0. The zero-order valence-corrected chi connectivity index (χ0v) is 32.7. The maximum absolute atomic E-state index is 5.30. The topological polar surface area (TPSA) is 30.2 Å². The molecule has 0 amide bonds.